The molecule has 1 aromatic carbocycles. The summed E-state index contributed by atoms with van der Waals surface area (Å²) in [5.74, 6) is -0.334. The zero-order valence-corrected chi connectivity index (χ0v) is 15.1. The predicted molar refractivity (Wildman–Crippen MR) is 87.5 cm³/mol. The Kier molecular flexibility index (Phi) is 6.58. The second-order valence-corrected chi connectivity index (χ2v) is 7.22. The number of likely N-dealkylation sites (N-methyl/N-ethyl adjacent to an activating group) is 2. The van der Waals surface area contributed by atoms with E-state index in [0.717, 1.165) is 6.07 Å². The molecule has 1 aromatic rings. The monoisotopic (exact) mass is 397 g/mol. The number of nitro benzene ring substituents is 1. The average molecular weight is 397 g/mol. The molecule has 0 aliphatic rings. The van der Waals surface area contributed by atoms with Crippen LogP contribution in [-0.4, -0.2) is 56.3 Å². The maximum Gasteiger partial charge on any atom is 0.501 e. The standard InChI is InChI=1S/C14H18F3N3O5S/c1-4-19(5-2)13(21)9-18(3)11-7-6-10(8-12(11)20(22)23)26(24,25)14(15,16)17/h6-8H,4-5,9H2,1-3H3. The molecule has 0 radical (unpaired) electrons. The van der Waals surface area contributed by atoms with E-state index in [9.17, 15) is 36.5 Å². The minimum absolute atomic E-state index is 0.170. The first-order valence-electron chi connectivity index (χ1n) is 7.45. The van der Waals surface area contributed by atoms with Gasteiger partial charge in [0, 0.05) is 26.2 Å². The molecule has 26 heavy (non-hydrogen) atoms. The largest absolute Gasteiger partial charge is 0.501 e. The van der Waals surface area contributed by atoms with Crippen molar-refractivity contribution >= 4 is 27.1 Å². The van der Waals surface area contributed by atoms with Gasteiger partial charge in [0.1, 0.15) is 5.69 Å². The molecule has 0 spiro atoms. The fraction of sp³-hybridized carbons (Fsp3) is 0.500. The Balaban J connectivity index is 3.30. The number of anilines is 1. The molecule has 0 N–H and O–H groups in total. The van der Waals surface area contributed by atoms with Crippen molar-refractivity contribution in [2.75, 3.05) is 31.6 Å². The topological polar surface area (TPSA) is 101 Å². The number of rotatable bonds is 7. The highest BCUT2D eigenvalue weighted by molar-refractivity contribution is 7.92. The van der Waals surface area contributed by atoms with Gasteiger partial charge in [0.2, 0.25) is 5.91 Å². The van der Waals surface area contributed by atoms with E-state index in [1.807, 2.05) is 0 Å². The minimum Gasteiger partial charge on any atom is -0.360 e. The van der Waals surface area contributed by atoms with E-state index in [1.54, 1.807) is 13.8 Å². The molecule has 0 saturated carbocycles. The zero-order valence-electron chi connectivity index (χ0n) is 14.3. The molecule has 1 rings (SSSR count). The van der Waals surface area contributed by atoms with Gasteiger partial charge in [-0.2, -0.15) is 13.2 Å². The fourth-order valence-electron chi connectivity index (χ4n) is 2.24. The molecule has 0 fully saturated rings. The summed E-state index contributed by atoms with van der Waals surface area (Å²) < 4.78 is 60.8. The fourth-order valence-corrected chi connectivity index (χ4v) is 3.02. The summed E-state index contributed by atoms with van der Waals surface area (Å²) in [6, 6.07) is 1.85. The Hall–Kier alpha value is -2.37. The molecule has 0 aliphatic heterocycles. The van der Waals surface area contributed by atoms with Crippen LogP contribution in [0.5, 0.6) is 0 Å². The van der Waals surface area contributed by atoms with Crippen molar-refractivity contribution in [1.29, 1.82) is 0 Å². The number of carbonyl (C=O) groups is 1. The van der Waals surface area contributed by atoms with Crippen LogP contribution in [0.15, 0.2) is 23.1 Å². The van der Waals surface area contributed by atoms with Gasteiger partial charge in [0.05, 0.1) is 16.4 Å². The molecule has 146 valence electrons. The van der Waals surface area contributed by atoms with Gasteiger partial charge >= 0.3 is 5.51 Å². The summed E-state index contributed by atoms with van der Waals surface area (Å²) in [7, 11) is -4.37. The summed E-state index contributed by atoms with van der Waals surface area (Å²) >= 11 is 0. The first-order chi connectivity index (χ1) is 11.9. The molecule has 8 nitrogen and oxygen atoms in total. The predicted octanol–water partition coefficient (Wildman–Crippen LogP) is 2.19. The van der Waals surface area contributed by atoms with Crippen LogP contribution in [0.1, 0.15) is 13.8 Å². The van der Waals surface area contributed by atoms with Crippen molar-refractivity contribution in [2.45, 2.75) is 24.3 Å². The second kappa shape index (κ2) is 7.89. The van der Waals surface area contributed by atoms with Crippen LogP contribution < -0.4 is 4.90 Å². The Morgan fingerprint density at radius 2 is 1.77 bits per heavy atom. The number of carbonyl (C=O) groups excluding carboxylic acids is 1. The number of nitrogens with zero attached hydrogens (tertiary/aromatic N) is 3. The highest BCUT2D eigenvalue weighted by Gasteiger charge is 2.47. The van der Waals surface area contributed by atoms with E-state index in [2.05, 4.69) is 0 Å². The third-order valence-electron chi connectivity index (χ3n) is 3.66. The van der Waals surface area contributed by atoms with Crippen LogP contribution in [0.2, 0.25) is 0 Å². The second-order valence-electron chi connectivity index (χ2n) is 5.28. The van der Waals surface area contributed by atoms with Crippen molar-refractivity contribution in [2.24, 2.45) is 0 Å². The molecular formula is C14H18F3N3O5S. The van der Waals surface area contributed by atoms with E-state index < -0.39 is 30.9 Å². The third kappa shape index (κ3) is 4.42. The number of sulfone groups is 1. The van der Waals surface area contributed by atoms with Crippen LogP contribution in [0.25, 0.3) is 0 Å². The van der Waals surface area contributed by atoms with E-state index in [0.29, 0.717) is 25.2 Å². The van der Waals surface area contributed by atoms with Crippen LogP contribution >= 0.6 is 0 Å². The van der Waals surface area contributed by atoms with Gasteiger partial charge in [-0.3, -0.25) is 14.9 Å². The van der Waals surface area contributed by atoms with Gasteiger partial charge in [-0.05, 0) is 26.0 Å². The summed E-state index contributed by atoms with van der Waals surface area (Å²) in [4.78, 5) is 23.7. The average Bonchev–Trinajstić information content (AvgIpc) is 2.54. The molecule has 0 heterocycles. The molecule has 0 saturated heterocycles. The summed E-state index contributed by atoms with van der Waals surface area (Å²) in [5, 5.41) is 11.2. The van der Waals surface area contributed by atoms with Crippen LogP contribution in [0, 0.1) is 10.1 Å². The van der Waals surface area contributed by atoms with Gasteiger partial charge in [-0.15, -0.1) is 0 Å². The third-order valence-corrected chi connectivity index (χ3v) is 5.14. The number of benzene rings is 1. The van der Waals surface area contributed by atoms with Gasteiger partial charge in [-0.1, -0.05) is 0 Å². The van der Waals surface area contributed by atoms with E-state index in [4.69, 9.17) is 0 Å². The number of alkyl halides is 3. The zero-order chi connectivity index (χ0) is 20.3. The van der Waals surface area contributed by atoms with E-state index in [-0.39, 0.29) is 18.1 Å². The Morgan fingerprint density at radius 1 is 1.23 bits per heavy atom. The van der Waals surface area contributed by atoms with E-state index >= 15 is 0 Å². The van der Waals surface area contributed by atoms with Gasteiger partial charge in [-0.25, -0.2) is 8.42 Å². The Morgan fingerprint density at radius 3 is 2.19 bits per heavy atom. The Labute approximate surface area is 148 Å². The molecule has 1 amide bonds. The first kappa shape index (κ1) is 21.7. The van der Waals surface area contributed by atoms with Gasteiger partial charge < -0.3 is 9.80 Å². The van der Waals surface area contributed by atoms with Crippen molar-refractivity contribution in [3.05, 3.63) is 28.3 Å². The molecule has 0 bridgehead atoms. The number of amides is 1. The molecule has 0 aliphatic carbocycles. The first-order valence-corrected chi connectivity index (χ1v) is 8.93. The lowest BCUT2D eigenvalue weighted by Gasteiger charge is -2.24. The van der Waals surface area contributed by atoms with Crippen molar-refractivity contribution in [3.63, 3.8) is 0 Å². The van der Waals surface area contributed by atoms with Crippen LogP contribution in [-0.2, 0) is 14.6 Å². The Bertz CT molecular complexity index is 792. The van der Waals surface area contributed by atoms with Crippen molar-refractivity contribution in [3.8, 4) is 0 Å². The quantitative estimate of drug-likeness (QED) is 0.516. The lowest BCUT2D eigenvalue weighted by atomic mass is 10.2. The number of halogens is 3. The number of hydrogen-bond donors (Lipinski definition) is 0. The molecule has 0 unspecified atom stereocenters. The van der Waals surface area contributed by atoms with Crippen molar-refractivity contribution < 1.29 is 31.3 Å². The lowest BCUT2D eigenvalue weighted by Crippen LogP contribution is -2.39. The molecule has 0 aromatic heterocycles. The SMILES string of the molecule is CCN(CC)C(=O)CN(C)c1ccc(S(=O)(=O)C(F)(F)F)cc1[N+](=O)[O-]. The molecule has 0 atom stereocenters. The minimum atomic E-state index is -5.72. The molecule has 12 heteroatoms. The maximum atomic E-state index is 12.6. The van der Waals surface area contributed by atoms with Gasteiger partial charge in [0.25, 0.3) is 15.5 Å². The number of hydrogen-bond acceptors (Lipinski definition) is 6. The lowest BCUT2D eigenvalue weighted by molar-refractivity contribution is -0.384. The highest BCUT2D eigenvalue weighted by Crippen LogP contribution is 2.35. The maximum absolute atomic E-state index is 12.6. The summed E-state index contributed by atoms with van der Waals surface area (Å²) in [5.41, 5.74) is -6.59. The highest BCUT2D eigenvalue weighted by atomic mass is 32.2. The van der Waals surface area contributed by atoms with Gasteiger partial charge in [0.15, 0.2) is 0 Å². The normalized spacial score (nSPS) is 11.9. The summed E-state index contributed by atoms with van der Waals surface area (Å²) in [6.07, 6.45) is 0. The smallest absolute Gasteiger partial charge is 0.360 e. The molecular weight excluding hydrogens is 379 g/mol. The van der Waals surface area contributed by atoms with Crippen LogP contribution in [0.4, 0.5) is 24.5 Å². The number of nitro groups is 1. The van der Waals surface area contributed by atoms with E-state index in [1.165, 1.54) is 16.8 Å². The van der Waals surface area contributed by atoms with Crippen LogP contribution in [0.3, 0.4) is 0 Å². The summed E-state index contributed by atoms with van der Waals surface area (Å²) in [6.45, 7) is 4.09. The van der Waals surface area contributed by atoms with Crippen molar-refractivity contribution in [1.82, 2.24) is 4.90 Å².